The fraction of sp³-hybridized carbons (Fsp3) is 0.533. The normalized spacial score (nSPS) is 25.4. The van der Waals surface area contributed by atoms with Gasteiger partial charge in [-0.2, -0.15) is 0 Å². The molecule has 3 unspecified atom stereocenters. The van der Waals surface area contributed by atoms with Gasteiger partial charge in [0.25, 0.3) is 5.69 Å². The summed E-state index contributed by atoms with van der Waals surface area (Å²) in [6.45, 7) is 4.25. The van der Waals surface area contributed by atoms with Crippen molar-refractivity contribution in [3.63, 3.8) is 0 Å². The lowest BCUT2D eigenvalue weighted by Crippen LogP contribution is -2.29. The zero-order valence-corrected chi connectivity index (χ0v) is 12.0. The first-order valence-electron chi connectivity index (χ1n) is 7.03. The molecule has 1 aliphatic rings. The molecule has 0 saturated heterocycles. The number of nitro benzene ring substituents is 1. The van der Waals surface area contributed by atoms with Crippen LogP contribution in [0, 0.1) is 27.8 Å². The topological polar surface area (TPSA) is 69.4 Å². The Morgan fingerprint density at radius 1 is 1.33 bits per heavy atom. The number of benzene rings is 1. The molecular formula is C15H18FNO4. The third-order valence-corrected chi connectivity index (χ3v) is 4.20. The molecule has 1 aliphatic carbocycles. The van der Waals surface area contributed by atoms with E-state index in [1.807, 2.05) is 0 Å². The Morgan fingerprint density at radius 2 is 2.05 bits per heavy atom. The van der Waals surface area contributed by atoms with Gasteiger partial charge in [0.15, 0.2) is 0 Å². The molecule has 3 atom stereocenters. The number of hydrogen-bond acceptors (Lipinski definition) is 4. The highest BCUT2D eigenvalue weighted by Crippen LogP contribution is 2.31. The van der Waals surface area contributed by atoms with Crippen molar-refractivity contribution in [3.8, 4) is 0 Å². The van der Waals surface area contributed by atoms with Crippen molar-refractivity contribution in [2.75, 3.05) is 0 Å². The maximum Gasteiger partial charge on any atom is 0.341 e. The first-order valence-corrected chi connectivity index (χ1v) is 7.03. The predicted octanol–water partition coefficient (Wildman–Crippen LogP) is 3.72. The number of carbonyl (C=O) groups is 1. The first kappa shape index (κ1) is 15.4. The molecule has 0 aromatic heterocycles. The van der Waals surface area contributed by atoms with E-state index in [-0.39, 0.29) is 17.4 Å². The Labute approximate surface area is 122 Å². The Hall–Kier alpha value is -1.98. The fourth-order valence-electron chi connectivity index (χ4n) is 2.60. The zero-order chi connectivity index (χ0) is 15.6. The van der Waals surface area contributed by atoms with Crippen molar-refractivity contribution in [3.05, 3.63) is 39.7 Å². The molecule has 0 spiro atoms. The van der Waals surface area contributed by atoms with E-state index in [1.54, 1.807) is 0 Å². The molecule has 2 rings (SSSR count). The number of hydrogen-bond donors (Lipinski definition) is 0. The number of non-ortho nitro benzene ring substituents is 1. The van der Waals surface area contributed by atoms with Gasteiger partial charge in [0, 0.05) is 12.1 Å². The Bertz CT molecular complexity index is 561. The van der Waals surface area contributed by atoms with Gasteiger partial charge in [-0.1, -0.05) is 13.8 Å². The summed E-state index contributed by atoms with van der Waals surface area (Å²) in [5.74, 6) is -0.619. The minimum absolute atomic E-state index is 0.248. The molecule has 1 aromatic rings. The van der Waals surface area contributed by atoms with Gasteiger partial charge in [-0.3, -0.25) is 10.1 Å². The van der Waals surface area contributed by atoms with Crippen LogP contribution < -0.4 is 0 Å². The molecule has 5 nitrogen and oxygen atoms in total. The molecule has 1 aromatic carbocycles. The van der Waals surface area contributed by atoms with E-state index >= 15 is 0 Å². The van der Waals surface area contributed by atoms with Gasteiger partial charge in [-0.25, -0.2) is 9.18 Å². The third kappa shape index (κ3) is 3.56. The van der Waals surface area contributed by atoms with E-state index in [1.165, 1.54) is 0 Å². The van der Waals surface area contributed by atoms with Crippen LogP contribution in [0.15, 0.2) is 18.2 Å². The molecule has 0 aliphatic heterocycles. The highest BCUT2D eigenvalue weighted by Gasteiger charge is 2.28. The van der Waals surface area contributed by atoms with Crippen LogP contribution in [0.3, 0.4) is 0 Å². The van der Waals surface area contributed by atoms with Crippen LogP contribution in [-0.4, -0.2) is 17.0 Å². The monoisotopic (exact) mass is 295 g/mol. The molecule has 0 bridgehead atoms. The largest absolute Gasteiger partial charge is 0.459 e. The average Bonchev–Trinajstić information content (AvgIpc) is 2.43. The summed E-state index contributed by atoms with van der Waals surface area (Å²) in [6, 6.07) is 2.86. The number of esters is 1. The van der Waals surface area contributed by atoms with Gasteiger partial charge in [0.1, 0.15) is 17.5 Å². The van der Waals surface area contributed by atoms with E-state index in [0.29, 0.717) is 11.8 Å². The maximum atomic E-state index is 13.7. The van der Waals surface area contributed by atoms with Crippen molar-refractivity contribution >= 4 is 11.7 Å². The summed E-state index contributed by atoms with van der Waals surface area (Å²) in [7, 11) is 0. The van der Waals surface area contributed by atoms with Crippen molar-refractivity contribution in [1.82, 2.24) is 0 Å². The van der Waals surface area contributed by atoms with E-state index in [9.17, 15) is 19.3 Å². The summed E-state index contributed by atoms with van der Waals surface area (Å²) in [6.07, 6.45) is 2.19. The minimum Gasteiger partial charge on any atom is -0.459 e. The third-order valence-electron chi connectivity index (χ3n) is 4.20. The first-order chi connectivity index (χ1) is 9.88. The van der Waals surface area contributed by atoms with Crippen LogP contribution in [0.1, 0.15) is 43.5 Å². The quantitative estimate of drug-likeness (QED) is 0.484. The van der Waals surface area contributed by atoms with Crippen LogP contribution in [-0.2, 0) is 4.74 Å². The van der Waals surface area contributed by atoms with Crippen molar-refractivity contribution in [2.24, 2.45) is 11.8 Å². The predicted molar refractivity (Wildman–Crippen MR) is 74.4 cm³/mol. The number of rotatable bonds is 3. The lowest BCUT2D eigenvalue weighted by Gasteiger charge is -2.31. The van der Waals surface area contributed by atoms with Gasteiger partial charge in [0.2, 0.25) is 0 Å². The van der Waals surface area contributed by atoms with E-state index < -0.39 is 16.7 Å². The van der Waals surface area contributed by atoms with Crippen molar-refractivity contribution in [2.45, 2.75) is 39.2 Å². The molecular weight excluding hydrogens is 277 g/mol. The summed E-state index contributed by atoms with van der Waals surface area (Å²) < 4.78 is 19.0. The minimum atomic E-state index is -0.831. The zero-order valence-electron chi connectivity index (χ0n) is 12.0. The highest BCUT2D eigenvalue weighted by molar-refractivity contribution is 5.90. The van der Waals surface area contributed by atoms with E-state index in [0.717, 1.165) is 37.5 Å². The van der Waals surface area contributed by atoms with Gasteiger partial charge in [-0.15, -0.1) is 0 Å². The standard InChI is InChI=1S/C15H18FNO4/c1-9-3-5-12(7-10(9)2)21-15(18)13-8-11(17(19)20)4-6-14(13)16/h4,6,8-10,12H,3,5,7H2,1-2H3. The van der Waals surface area contributed by atoms with Crippen LogP contribution in [0.2, 0.25) is 0 Å². The van der Waals surface area contributed by atoms with Gasteiger partial charge < -0.3 is 4.74 Å². The average molecular weight is 295 g/mol. The molecule has 0 heterocycles. The number of nitrogens with zero attached hydrogens (tertiary/aromatic N) is 1. The second kappa shape index (κ2) is 6.20. The smallest absolute Gasteiger partial charge is 0.341 e. The van der Waals surface area contributed by atoms with E-state index in [2.05, 4.69) is 13.8 Å². The Kier molecular flexibility index (Phi) is 4.55. The van der Waals surface area contributed by atoms with Crippen LogP contribution in [0.25, 0.3) is 0 Å². The number of nitro groups is 1. The number of ether oxygens (including phenoxy) is 1. The number of carbonyl (C=O) groups excluding carboxylic acids is 1. The fourth-order valence-corrected chi connectivity index (χ4v) is 2.60. The van der Waals surface area contributed by atoms with Crippen molar-refractivity contribution in [1.29, 1.82) is 0 Å². The lowest BCUT2D eigenvalue weighted by molar-refractivity contribution is -0.384. The van der Waals surface area contributed by atoms with Crippen LogP contribution in [0.4, 0.5) is 10.1 Å². The molecule has 1 fully saturated rings. The second-order valence-electron chi connectivity index (χ2n) is 5.72. The van der Waals surface area contributed by atoms with Gasteiger partial charge in [0.05, 0.1) is 4.92 Å². The van der Waals surface area contributed by atoms with Crippen molar-refractivity contribution < 1.29 is 18.8 Å². The van der Waals surface area contributed by atoms with Crippen LogP contribution in [0.5, 0.6) is 0 Å². The van der Waals surface area contributed by atoms with Gasteiger partial charge >= 0.3 is 5.97 Å². The SMILES string of the molecule is CC1CCC(OC(=O)c2cc([N+](=O)[O-])ccc2F)CC1C. The Morgan fingerprint density at radius 3 is 2.67 bits per heavy atom. The molecule has 0 radical (unpaired) electrons. The molecule has 1 saturated carbocycles. The molecule has 6 heteroatoms. The summed E-state index contributed by atoms with van der Waals surface area (Å²) in [5, 5.41) is 10.7. The molecule has 0 N–H and O–H groups in total. The summed E-state index contributed by atoms with van der Waals surface area (Å²) in [4.78, 5) is 22.0. The van der Waals surface area contributed by atoms with Crippen LogP contribution >= 0.6 is 0 Å². The second-order valence-corrected chi connectivity index (χ2v) is 5.72. The molecule has 0 amide bonds. The summed E-state index contributed by atoms with van der Waals surface area (Å²) >= 11 is 0. The number of halogens is 1. The molecule has 21 heavy (non-hydrogen) atoms. The van der Waals surface area contributed by atoms with Gasteiger partial charge in [-0.05, 0) is 37.2 Å². The summed E-state index contributed by atoms with van der Waals surface area (Å²) in [5.41, 5.74) is -0.704. The molecule has 114 valence electrons. The Balaban J connectivity index is 2.10. The lowest BCUT2D eigenvalue weighted by atomic mass is 9.80. The maximum absolute atomic E-state index is 13.7. The highest BCUT2D eigenvalue weighted by atomic mass is 19.1. The van der Waals surface area contributed by atoms with E-state index in [4.69, 9.17) is 4.74 Å².